The Labute approximate surface area is 115 Å². The average molecular weight is 280 g/mol. The highest BCUT2D eigenvalue weighted by Crippen LogP contribution is 2.33. The Morgan fingerprint density at radius 3 is 2.84 bits per heavy atom. The number of nitrogens with one attached hydrogen (secondary N) is 1. The van der Waals surface area contributed by atoms with E-state index >= 15 is 0 Å². The number of carboxylic acid groups (broad SMARTS) is 1. The van der Waals surface area contributed by atoms with Crippen LogP contribution in [0.15, 0.2) is 11.4 Å². The van der Waals surface area contributed by atoms with E-state index in [0.29, 0.717) is 6.54 Å². The first-order chi connectivity index (χ1) is 9.16. The van der Waals surface area contributed by atoms with Gasteiger partial charge in [-0.05, 0) is 42.7 Å². The minimum Gasteiger partial charge on any atom is -0.479 e. The Bertz CT molecular complexity index is 510. The molecule has 0 saturated heterocycles. The third kappa shape index (κ3) is 2.20. The van der Waals surface area contributed by atoms with Gasteiger partial charge in [-0.3, -0.25) is 0 Å². The number of nitrogens with zero attached hydrogens (tertiary/aromatic N) is 1. The Morgan fingerprint density at radius 1 is 1.42 bits per heavy atom. The van der Waals surface area contributed by atoms with Gasteiger partial charge in [0, 0.05) is 17.5 Å². The molecule has 0 bridgehead atoms. The van der Waals surface area contributed by atoms with Gasteiger partial charge in [-0.15, -0.1) is 11.3 Å². The lowest BCUT2D eigenvalue weighted by atomic mass is 9.93. The lowest BCUT2D eigenvalue weighted by molar-refractivity contribution is -0.142. The van der Waals surface area contributed by atoms with Gasteiger partial charge in [-0.25, -0.2) is 9.59 Å². The van der Waals surface area contributed by atoms with Gasteiger partial charge < -0.3 is 15.3 Å². The predicted octanol–water partition coefficient (Wildman–Crippen LogP) is 1.99. The van der Waals surface area contributed by atoms with E-state index in [1.54, 1.807) is 11.3 Å². The monoisotopic (exact) mass is 280 g/mol. The maximum atomic E-state index is 12.2. The van der Waals surface area contributed by atoms with Crippen LogP contribution in [0.4, 0.5) is 4.79 Å². The summed E-state index contributed by atoms with van der Waals surface area (Å²) in [5.41, 5.74) is 0.771. The molecular formula is C13H16N2O3S. The highest BCUT2D eigenvalue weighted by Gasteiger charge is 2.37. The van der Waals surface area contributed by atoms with Crippen LogP contribution in [0.3, 0.4) is 0 Å². The molecule has 1 aromatic heterocycles. The van der Waals surface area contributed by atoms with Gasteiger partial charge in [0.15, 0.2) is 6.04 Å². The molecule has 1 atom stereocenters. The number of carbonyl (C=O) groups excluding carboxylic acids is 1. The lowest BCUT2D eigenvalue weighted by Crippen LogP contribution is -2.51. The average Bonchev–Trinajstić information content (AvgIpc) is 2.79. The number of aliphatic carboxylic acids is 1. The van der Waals surface area contributed by atoms with Gasteiger partial charge in [0.05, 0.1) is 0 Å². The van der Waals surface area contributed by atoms with Crippen molar-refractivity contribution in [2.45, 2.75) is 37.8 Å². The van der Waals surface area contributed by atoms with Crippen LogP contribution in [0.25, 0.3) is 0 Å². The van der Waals surface area contributed by atoms with Crippen LogP contribution in [-0.4, -0.2) is 34.6 Å². The third-order valence-corrected chi connectivity index (χ3v) is 4.89. The van der Waals surface area contributed by atoms with E-state index < -0.39 is 12.0 Å². The summed E-state index contributed by atoms with van der Waals surface area (Å²) in [6, 6.07) is 0.969. The number of carbonyl (C=O) groups is 2. The van der Waals surface area contributed by atoms with Gasteiger partial charge in [0.25, 0.3) is 0 Å². The van der Waals surface area contributed by atoms with Crippen molar-refractivity contribution in [1.29, 1.82) is 0 Å². The molecule has 1 aliphatic carbocycles. The van der Waals surface area contributed by atoms with Crippen LogP contribution >= 0.6 is 11.3 Å². The second-order valence-electron chi connectivity index (χ2n) is 5.06. The number of hydrogen-bond donors (Lipinski definition) is 2. The minimum absolute atomic E-state index is 0.228. The first-order valence-electron chi connectivity index (χ1n) is 6.53. The standard InChI is InChI=1S/C13H16N2O3S/c16-12(17)11-9-5-7-19-10(9)4-6-15(11)13(18)14-8-2-1-3-8/h5,7-8,11H,1-4,6H2,(H,14,18)(H,16,17). The summed E-state index contributed by atoms with van der Waals surface area (Å²) < 4.78 is 0. The van der Waals surface area contributed by atoms with Crippen LogP contribution in [0, 0.1) is 0 Å². The van der Waals surface area contributed by atoms with Crippen LogP contribution in [0.2, 0.25) is 0 Å². The molecule has 2 amide bonds. The molecule has 3 rings (SSSR count). The van der Waals surface area contributed by atoms with E-state index in [9.17, 15) is 14.7 Å². The zero-order chi connectivity index (χ0) is 13.4. The van der Waals surface area contributed by atoms with Crippen LogP contribution < -0.4 is 5.32 Å². The van der Waals surface area contributed by atoms with E-state index in [2.05, 4.69) is 5.32 Å². The smallest absolute Gasteiger partial charge is 0.331 e. The SMILES string of the molecule is O=C(O)C1c2ccsc2CCN1C(=O)NC1CCC1. The van der Waals surface area contributed by atoms with Crippen LogP contribution in [-0.2, 0) is 11.2 Å². The number of carboxylic acids is 1. The zero-order valence-electron chi connectivity index (χ0n) is 10.5. The molecule has 2 aliphatic rings. The highest BCUT2D eigenvalue weighted by atomic mass is 32.1. The van der Waals surface area contributed by atoms with Crippen molar-refractivity contribution in [2.75, 3.05) is 6.54 Å². The van der Waals surface area contributed by atoms with Crippen molar-refractivity contribution in [1.82, 2.24) is 10.2 Å². The maximum absolute atomic E-state index is 12.2. The fourth-order valence-corrected chi connectivity index (χ4v) is 3.52. The number of thiophene rings is 1. The molecule has 2 heterocycles. The summed E-state index contributed by atoms with van der Waals surface area (Å²) >= 11 is 1.57. The topological polar surface area (TPSA) is 69.6 Å². The van der Waals surface area contributed by atoms with Crippen molar-refractivity contribution in [3.05, 3.63) is 21.9 Å². The third-order valence-electron chi connectivity index (χ3n) is 3.89. The second kappa shape index (κ2) is 4.85. The summed E-state index contributed by atoms with van der Waals surface area (Å²) in [6.07, 6.45) is 3.89. The number of fused-ring (bicyclic) bond motifs is 1. The summed E-state index contributed by atoms with van der Waals surface area (Å²) in [5, 5.41) is 14.2. The molecule has 1 saturated carbocycles. The van der Waals surface area contributed by atoms with E-state index in [-0.39, 0.29) is 12.1 Å². The quantitative estimate of drug-likeness (QED) is 0.870. The molecule has 0 aromatic carbocycles. The first-order valence-corrected chi connectivity index (χ1v) is 7.41. The molecule has 0 spiro atoms. The normalized spacial score (nSPS) is 22.5. The predicted molar refractivity (Wildman–Crippen MR) is 71.3 cm³/mol. The lowest BCUT2D eigenvalue weighted by Gasteiger charge is -2.36. The summed E-state index contributed by atoms with van der Waals surface area (Å²) in [7, 11) is 0. The van der Waals surface area contributed by atoms with Crippen molar-refractivity contribution in [2.24, 2.45) is 0 Å². The molecular weight excluding hydrogens is 264 g/mol. The molecule has 1 aliphatic heterocycles. The van der Waals surface area contributed by atoms with Crippen LogP contribution in [0.1, 0.15) is 35.7 Å². The largest absolute Gasteiger partial charge is 0.479 e. The molecule has 1 unspecified atom stereocenters. The molecule has 0 radical (unpaired) electrons. The fraction of sp³-hybridized carbons (Fsp3) is 0.538. The molecule has 1 aromatic rings. The van der Waals surface area contributed by atoms with E-state index in [1.165, 1.54) is 4.90 Å². The Kier molecular flexibility index (Phi) is 3.18. The van der Waals surface area contributed by atoms with Crippen molar-refractivity contribution in [3.63, 3.8) is 0 Å². The van der Waals surface area contributed by atoms with Crippen LogP contribution in [0.5, 0.6) is 0 Å². The number of urea groups is 1. The van der Waals surface area contributed by atoms with E-state index in [4.69, 9.17) is 0 Å². The zero-order valence-corrected chi connectivity index (χ0v) is 11.3. The minimum atomic E-state index is -0.955. The molecule has 5 nitrogen and oxygen atoms in total. The summed E-state index contributed by atoms with van der Waals surface area (Å²) in [6.45, 7) is 0.475. The van der Waals surface area contributed by atoms with Crippen molar-refractivity contribution >= 4 is 23.3 Å². The summed E-state index contributed by atoms with van der Waals surface area (Å²) in [5.74, 6) is -0.955. The van der Waals surface area contributed by atoms with Crippen molar-refractivity contribution in [3.8, 4) is 0 Å². The Hall–Kier alpha value is -1.56. The molecule has 1 fully saturated rings. The van der Waals surface area contributed by atoms with E-state index in [1.807, 2.05) is 11.4 Å². The number of rotatable bonds is 2. The second-order valence-corrected chi connectivity index (χ2v) is 6.06. The first kappa shape index (κ1) is 12.5. The molecule has 2 N–H and O–H groups in total. The Morgan fingerprint density at radius 2 is 2.21 bits per heavy atom. The number of amides is 2. The highest BCUT2D eigenvalue weighted by molar-refractivity contribution is 7.10. The van der Waals surface area contributed by atoms with Gasteiger partial charge >= 0.3 is 12.0 Å². The van der Waals surface area contributed by atoms with Gasteiger partial charge in [0.1, 0.15) is 0 Å². The van der Waals surface area contributed by atoms with Gasteiger partial charge in [-0.1, -0.05) is 0 Å². The molecule has 6 heteroatoms. The van der Waals surface area contributed by atoms with Crippen molar-refractivity contribution < 1.29 is 14.7 Å². The molecule has 19 heavy (non-hydrogen) atoms. The Balaban J connectivity index is 1.80. The maximum Gasteiger partial charge on any atom is 0.331 e. The van der Waals surface area contributed by atoms with E-state index in [0.717, 1.165) is 36.1 Å². The van der Waals surface area contributed by atoms with Gasteiger partial charge in [0.2, 0.25) is 0 Å². The number of hydrogen-bond acceptors (Lipinski definition) is 3. The fourth-order valence-electron chi connectivity index (χ4n) is 2.61. The van der Waals surface area contributed by atoms with Gasteiger partial charge in [-0.2, -0.15) is 0 Å². The summed E-state index contributed by atoms with van der Waals surface area (Å²) in [4.78, 5) is 26.2. The molecule has 102 valence electrons.